The maximum absolute atomic E-state index is 10.8. The fourth-order valence-electron chi connectivity index (χ4n) is 1.57. The van der Waals surface area contributed by atoms with Crippen LogP contribution < -0.4 is 11.2 Å². The first kappa shape index (κ1) is 14.9. The van der Waals surface area contributed by atoms with Crippen LogP contribution in [0.15, 0.2) is 33.9 Å². The molecule has 0 aliphatic carbocycles. The Balaban J connectivity index is 2.05. The van der Waals surface area contributed by atoms with Crippen LogP contribution in [0.3, 0.4) is 0 Å². The molecule has 6 nitrogen and oxygen atoms in total. The highest BCUT2D eigenvalue weighted by Crippen LogP contribution is 2.23. The van der Waals surface area contributed by atoms with Crippen LogP contribution in [-0.2, 0) is 4.79 Å². The van der Waals surface area contributed by atoms with Gasteiger partial charge in [-0.15, -0.1) is 10.2 Å². The van der Waals surface area contributed by atoms with Crippen LogP contribution in [0.2, 0.25) is 0 Å². The zero-order chi connectivity index (χ0) is 14.5. The van der Waals surface area contributed by atoms with Gasteiger partial charge in [-0.3, -0.25) is 4.79 Å². The molecule has 106 valence electrons. The molecule has 1 aromatic carbocycles. The number of thioether (sulfide) groups is 1. The minimum Gasteiger partial charge on any atom is -0.356 e. The molecule has 0 saturated heterocycles. The molecule has 0 bridgehead atoms. The number of carbonyl (C=O) groups excluding carboxylic acids is 1. The van der Waals surface area contributed by atoms with Gasteiger partial charge < -0.3 is 11.2 Å². The third-order valence-electron chi connectivity index (χ3n) is 2.45. The molecule has 1 aromatic heterocycles. The van der Waals surface area contributed by atoms with Crippen molar-refractivity contribution < 1.29 is 4.79 Å². The predicted molar refractivity (Wildman–Crippen MR) is 82.7 cm³/mol. The van der Waals surface area contributed by atoms with Crippen molar-refractivity contribution in [2.24, 2.45) is 0 Å². The van der Waals surface area contributed by atoms with Crippen molar-refractivity contribution in [2.45, 2.75) is 12.1 Å². The lowest BCUT2D eigenvalue weighted by atomic mass is 10.2. The van der Waals surface area contributed by atoms with Gasteiger partial charge in [0.15, 0.2) is 5.82 Å². The van der Waals surface area contributed by atoms with E-state index in [2.05, 4.69) is 31.4 Å². The second kappa shape index (κ2) is 6.76. The molecule has 0 aliphatic heterocycles. The molecule has 0 radical (unpaired) electrons. The molecule has 20 heavy (non-hydrogen) atoms. The summed E-state index contributed by atoms with van der Waals surface area (Å²) in [6.45, 7) is 2.06. The quantitative estimate of drug-likeness (QED) is 0.483. The molecule has 2 rings (SSSR count). The average molecular weight is 356 g/mol. The lowest BCUT2D eigenvalue weighted by Crippen LogP contribution is -2.22. The standard InChI is InChI=1S/C12H14BrN5OS/c1-8(19)15-5-6-20-12-17-16-11(18(12)14)9-3-2-4-10(13)7-9/h2-4,7H,5-6,14H2,1H3,(H,15,19). The Labute approximate surface area is 129 Å². The number of hydrogen-bond donors (Lipinski definition) is 2. The molecule has 0 saturated carbocycles. The molecule has 0 spiro atoms. The lowest BCUT2D eigenvalue weighted by Gasteiger charge is -2.04. The Kier molecular flexibility index (Phi) is 5.02. The third kappa shape index (κ3) is 3.73. The molecular formula is C12H14BrN5OS. The van der Waals surface area contributed by atoms with E-state index in [-0.39, 0.29) is 5.91 Å². The molecule has 0 fully saturated rings. The van der Waals surface area contributed by atoms with Gasteiger partial charge in [-0.05, 0) is 12.1 Å². The molecule has 1 heterocycles. The highest BCUT2D eigenvalue weighted by atomic mass is 79.9. The summed E-state index contributed by atoms with van der Waals surface area (Å²) in [5, 5.41) is 11.5. The topological polar surface area (TPSA) is 85.8 Å². The summed E-state index contributed by atoms with van der Waals surface area (Å²) in [4.78, 5) is 10.8. The van der Waals surface area contributed by atoms with Crippen molar-refractivity contribution in [3.8, 4) is 11.4 Å². The Morgan fingerprint density at radius 2 is 2.30 bits per heavy atom. The molecular weight excluding hydrogens is 342 g/mol. The first-order valence-corrected chi connectivity index (χ1v) is 7.69. The van der Waals surface area contributed by atoms with Crippen LogP contribution in [-0.4, -0.2) is 33.1 Å². The normalized spacial score (nSPS) is 10.5. The number of nitrogen functional groups attached to an aromatic ring is 1. The van der Waals surface area contributed by atoms with Gasteiger partial charge >= 0.3 is 0 Å². The van der Waals surface area contributed by atoms with Gasteiger partial charge in [0.05, 0.1) is 0 Å². The van der Waals surface area contributed by atoms with E-state index in [1.165, 1.54) is 23.4 Å². The van der Waals surface area contributed by atoms with Crippen LogP contribution in [0, 0.1) is 0 Å². The fraction of sp³-hybridized carbons (Fsp3) is 0.250. The first-order valence-electron chi connectivity index (χ1n) is 5.91. The molecule has 8 heteroatoms. The van der Waals surface area contributed by atoms with E-state index in [0.29, 0.717) is 23.3 Å². The van der Waals surface area contributed by atoms with Gasteiger partial charge in [-0.2, -0.15) is 0 Å². The monoisotopic (exact) mass is 355 g/mol. The second-order valence-corrected chi connectivity index (χ2v) is 6.00. The van der Waals surface area contributed by atoms with Crippen molar-refractivity contribution >= 4 is 33.6 Å². The molecule has 1 amide bonds. The number of carbonyl (C=O) groups is 1. The van der Waals surface area contributed by atoms with Gasteiger partial charge in [0, 0.05) is 29.3 Å². The lowest BCUT2D eigenvalue weighted by molar-refractivity contribution is -0.118. The molecule has 0 aliphatic rings. The Morgan fingerprint density at radius 3 is 3.00 bits per heavy atom. The number of hydrogen-bond acceptors (Lipinski definition) is 5. The minimum absolute atomic E-state index is 0.0466. The van der Waals surface area contributed by atoms with Crippen LogP contribution >= 0.6 is 27.7 Å². The highest BCUT2D eigenvalue weighted by molar-refractivity contribution is 9.10. The zero-order valence-electron chi connectivity index (χ0n) is 10.8. The number of amides is 1. The summed E-state index contributed by atoms with van der Waals surface area (Å²) >= 11 is 4.86. The van der Waals surface area contributed by atoms with Gasteiger partial charge in [-0.25, -0.2) is 4.68 Å². The Morgan fingerprint density at radius 1 is 1.50 bits per heavy atom. The van der Waals surface area contributed by atoms with Crippen LogP contribution in [0.1, 0.15) is 6.92 Å². The van der Waals surface area contributed by atoms with E-state index in [4.69, 9.17) is 5.84 Å². The highest BCUT2D eigenvalue weighted by Gasteiger charge is 2.12. The zero-order valence-corrected chi connectivity index (χ0v) is 13.2. The minimum atomic E-state index is -0.0466. The van der Waals surface area contributed by atoms with Crippen molar-refractivity contribution in [2.75, 3.05) is 18.1 Å². The number of benzene rings is 1. The Hall–Kier alpha value is -1.54. The summed E-state index contributed by atoms with van der Waals surface area (Å²) in [5.41, 5.74) is 0.892. The van der Waals surface area contributed by atoms with E-state index in [1.807, 2.05) is 24.3 Å². The summed E-state index contributed by atoms with van der Waals surface area (Å²) < 4.78 is 2.41. The summed E-state index contributed by atoms with van der Waals surface area (Å²) in [5.74, 6) is 7.24. The number of nitrogens with one attached hydrogen (secondary N) is 1. The third-order valence-corrected chi connectivity index (χ3v) is 3.89. The largest absolute Gasteiger partial charge is 0.356 e. The molecule has 3 N–H and O–H groups in total. The van der Waals surface area contributed by atoms with E-state index in [0.717, 1.165) is 10.0 Å². The van der Waals surface area contributed by atoms with Gasteiger partial charge in [0.2, 0.25) is 11.1 Å². The Bertz CT molecular complexity index is 616. The summed E-state index contributed by atoms with van der Waals surface area (Å²) in [7, 11) is 0. The average Bonchev–Trinajstić information content (AvgIpc) is 2.76. The predicted octanol–water partition coefficient (Wildman–Crippen LogP) is 1.65. The van der Waals surface area contributed by atoms with Gasteiger partial charge in [0.1, 0.15) is 0 Å². The van der Waals surface area contributed by atoms with Crippen LogP contribution in [0.25, 0.3) is 11.4 Å². The van der Waals surface area contributed by atoms with Gasteiger partial charge in [-0.1, -0.05) is 39.8 Å². The number of halogens is 1. The molecule has 0 atom stereocenters. The van der Waals surface area contributed by atoms with Crippen molar-refractivity contribution in [3.05, 3.63) is 28.7 Å². The van der Waals surface area contributed by atoms with Crippen molar-refractivity contribution in [1.29, 1.82) is 0 Å². The summed E-state index contributed by atoms with van der Waals surface area (Å²) in [6, 6.07) is 7.70. The van der Waals surface area contributed by atoms with Crippen molar-refractivity contribution in [1.82, 2.24) is 20.2 Å². The van der Waals surface area contributed by atoms with E-state index in [9.17, 15) is 4.79 Å². The SMILES string of the molecule is CC(=O)NCCSc1nnc(-c2cccc(Br)c2)n1N. The van der Waals surface area contributed by atoms with Gasteiger partial charge in [0.25, 0.3) is 0 Å². The van der Waals surface area contributed by atoms with Crippen LogP contribution in [0.5, 0.6) is 0 Å². The van der Waals surface area contributed by atoms with Crippen molar-refractivity contribution in [3.63, 3.8) is 0 Å². The molecule has 0 unspecified atom stereocenters. The number of aromatic nitrogens is 3. The maximum atomic E-state index is 10.8. The number of nitrogens with zero attached hydrogens (tertiary/aromatic N) is 3. The fourth-order valence-corrected chi connectivity index (χ4v) is 2.68. The maximum Gasteiger partial charge on any atom is 0.216 e. The van der Waals surface area contributed by atoms with E-state index < -0.39 is 0 Å². The smallest absolute Gasteiger partial charge is 0.216 e. The molecule has 2 aromatic rings. The van der Waals surface area contributed by atoms with E-state index in [1.54, 1.807) is 0 Å². The number of rotatable bonds is 5. The van der Waals surface area contributed by atoms with Crippen LogP contribution in [0.4, 0.5) is 0 Å². The second-order valence-electron chi connectivity index (χ2n) is 4.02. The summed E-state index contributed by atoms with van der Waals surface area (Å²) in [6.07, 6.45) is 0. The van der Waals surface area contributed by atoms with E-state index >= 15 is 0 Å². The first-order chi connectivity index (χ1) is 9.58. The number of nitrogens with two attached hydrogens (primary N) is 1.